The van der Waals surface area contributed by atoms with E-state index in [9.17, 15) is 14.4 Å². The van der Waals surface area contributed by atoms with Gasteiger partial charge >= 0.3 is 5.69 Å². The molecule has 3 rings (SSSR count). The molecule has 1 saturated carbocycles. The van der Waals surface area contributed by atoms with Crippen LogP contribution in [0.15, 0.2) is 15.7 Å². The van der Waals surface area contributed by atoms with Gasteiger partial charge in [-0.15, -0.1) is 24.8 Å². The third-order valence-corrected chi connectivity index (χ3v) is 5.17. The van der Waals surface area contributed by atoms with Gasteiger partial charge in [0.05, 0.1) is 10.9 Å². The number of pyridine rings is 1. The first-order chi connectivity index (χ1) is 11.8. The predicted molar refractivity (Wildman–Crippen MR) is 109 cm³/mol. The maximum absolute atomic E-state index is 12.7. The average Bonchev–Trinajstić information content (AvgIpc) is 3.06. The first kappa shape index (κ1) is 23.1. The van der Waals surface area contributed by atoms with Crippen molar-refractivity contribution >= 4 is 41.8 Å². The van der Waals surface area contributed by atoms with Crippen LogP contribution in [-0.4, -0.2) is 32.1 Å². The number of nitrogens with zero attached hydrogens (tertiary/aromatic N) is 3. The summed E-state index contributed by atoms with van der Waals surface area (Å²) in [6.45, 7) is 2.12. The SMILES string of the molecule is Cc1cc(C(=O)NC2(CN)CCCC2)nc2c1c(=O)n(C)c(=O)n2C.Cl.Cl. The first-order valence-corrected chi connectivity index (χ1v) is 8.39. The smallest absolute Gasteiger partial charge is 0.332 e. The molecule has 8 nitrogen and oxygen atoms in total. The molecule has 0 bridgehead atoms. The second-order valence-corrected chi connectivity index (χ2v) is 6.87. The molecule has 3 N–H and O–H groups in total. The van der Waals surface area contributed by atoms with E-state index in [1.165, 1.54) is 18.7 Å². The van der Waals surface area contributed by atoms with Gasteiger partial charge in [-0.25, -0.2) is 9.78 Å². The quantitative estimate of drug-likeness (QED) is 0.766. The minimum Gasteiger partial charge on any atom is -0.344 e. The highest BCUT2D eigenvalue weighted by atomic mass is 35.5. The van der Waals surface area contributed by atoms with Crippen molar-refractivity contribution in [1.29, 1.82) is 0 Å². The second kappa shape index (κ2) is 8.41. The molecule has 0 radical (unpaired) electrons. The first-order valence-electron chi connectivity index (χ1n) is 8.39. The summed E-state index contributed by atoms with van der Waals surface area (Å²) in [5, 5.41) is 3.36. The van der Waals surface area contributed by atoms with Crippen LogP contribution < -0.4 is 22.3 Å². The molecule has 1 fully saturated rings. The highest BCUT2D eigenvalue weighted by Gasteiger charge is 2.34. The Labute approximate surface area is 169 Å². The van der Waals surface area contributed by atoms with Gasteiger partial charge in [0.2, 0.25) is 0 Å². The Morgan fingerprint density at radius 1 is 1.22 bits per heavy atom. The van der Waals surface area contributed by atoms with Crippen LogP contribution in [0.25, 0.3) is 11.0 Å². The van der Waals surface area contributed by atoms with Crippen molar-refractivity contribution in [2.45, 2.75) is 38.1 Å². The van der Waals surface area contributed by atoms with Crippen molar-refractivity contribution in [3.8, 4) is 0 Å². The van der Waals surface area contributed by atoms with Crippen LogP contribution in [0.3, 0.4) is 0 Å². The van der Waals surface area contributed by atoms with Crippen molar-refractivity contribution in [1.82, 2.24) is 19.4 Å². The number of carbonyl (C=O) groups is 1. The topological polar surface area (TPSA) is 112 Å². The number of hydrogen-bond donors (Lipinski definition) is 2. The molecule has 1 aliphatic rings. The molecule has 2 heterocycles. The van der Waals surface area contributed by atoms with E-state index in [0.717, 1.165) is 30.3 Å². The minimum atomic E-state index is -0.476. The van der Waals surface area contributed by atoms with E-state index in [-0.39, 0.29) is 47.6 Å². The number of halogens is 2. The molecule has 0 atom stereocenters. The number of nitrogens with two attached hydrogens (primary N) is 1. The molecule has 0 aliphatic heterocycles. The van der Waals surface area contributed by atoms with Gasteiger partial charge in [0.25, 0.3) is 11.5 Å². The van der Waals surface area contributed by atoms with Crippen LogP contribution >= 0.6 is 24.8 Å². The molecule has 2 aromatic heterocycles. The Morgan fingerprint density at radius 2 is 1.81 bits per heavy atom. The van der Waals surface area contributed by atoms with Gasteiger partial charge in [0, 0.05) is 20.6 Å². The highest BCUT2D eigenvalue weighted by Crippen LogP contribution is 2.29. The van der Waals surface area contributed by atoms with Crippen LogP contribution in [0.2, 0.25) is 0 Å². The Hall–Kier alpha value is -1.90. The van der Waals surface area contributed by atoms with Gasteiger partial charge in [-0.05, 0) is 31.4 Å². The van der Waals surface area contributed by atoms with Crippen LogP contribution in [-0.2, 0) is 14.1 Å². The number of fused-ring (bicyclic) bond motifs is 1. The van der Waals surface area contributed by atoms with Gasteiger partial charge < -0.3 is 11.1 Å². The van der Waals surface area contributed by atoms with E-state index in [0.29, 0.717) is 17.5 Å². The molecule has 0 saturated heterocycles. The Balaban J connectivity index is 0.00000182. The molecule has 1 aliphatic carbocycles. The number of carbonyl (C=O) groups excluding carboxylic acids is 1. The Morgan fingerprint density at radius 3 is 2.37 bits per heavy atom. The summed E-state index contributed by atoms with van der Waals surface area (Å²) in [7, 11) is 2.96. The van der Waals surface area contributed by atoms with Crippen molar-refractivity contribution in [2.24, 2.45) is 19.8 Å². The van der Waals surface area contributed by atoms with E-state index in [1.807, 2.05) is 0 Å². The number of rotatable bonds is 3. The van der Waals surface area contributed by atoms with Crippen LogP contribution in [0, 0.1) is 6.92 Å². The molecular weight excluding hydrogens is 393 g/mol. The zero-order chi connectivity index (χ0) is 18.4. The monoisotopic (exact) mass is 417 g/mol. The summed E-state index contributed by atoms with van der Waals surface area (Å²) in [5.74, 6) is -0.328. The molecule has 0 aromatic carbocycles. The number of nitrogens with one attached hydrogen (secondary N) is 1. The summed E-state index contributed by atoms with van der Waals surface area (Å²) in [6, 6.07) is 1.59. The summed E-state index contributed by atoms with van der Waals surface area (Å²) >= 11 is 0. The van der Waals surface area contributed by atoms with Crippen LogP contribution in [0.5, 0.6) is 0 Å². The maximum Gasteiger partial charge on any atom is 0.332 e. The molecule has 150 valence electrons. The van der Waals surface area contributed by atoms with Gasteiger partial charge in [-0.1, -0.05) is 12.8 Å². The average molecular weight is 418 g/mol. The molecule has 0 spiro atoms. The van der Waals surface area contributed by atoms with Crippen molar-refractivity contribution in [3.63, 3.8) is 0 Å². The van der Waals surface area contributed by atoms with Gasteiger partial charge in [-0.2, -0.15) is 0 Å². The second-order valence-electron chi connectivity index (χ2n) is 6.87. The van der Waals surface area contributed by atoms with Gasteiger partial charge in [-0.3, -0.25) is 18.7 Å². The predicted octanol–water partition coefficient (Wildman–Crippen LogP) is 0.786. The van der Waals surface area contributed by atoms with Crippen molar-refractivity contribution in [3.05, 3.63) is 38.2 Å². The van der Waals surface area contributed by atoms with Gasteiger partial charge in [0.1, 0.15) is 11.3 Å². The number of amides is 1. The third-order valence-electron chi connectivity index (χ3n) is 5.17. The molecule has 2 aromatic rings. The van der Waals surface area contributed by atoms with E-state index < -0.39 is 11.2 Å². The molecular formula is C17H25Cl2N5O3. The summed E-state index contributed by atoms with van der Waals surface area (Å²) < 4.78 is 2.33. The fourth-order valence-electron chi connectivity index (χ4n) is 3.59. The van der Waals surface area contributed by atoms with Crippen molar-refractivity contribution in [2.75, 3.05) is 6.54 Å². The standard InChI is InChI=1S/C17H23N5O3.2ClH/c1-10-8-11(14(23)20-17(9-18)6-4-5-7-17)19-13-12(10)15(24)22(3)16(25)21(13)2;;/h8H,4-7,9,18H2,1-3H3,(H,20,23);2*1H. The lowest BCUT2D eigenvalue weighted by Gasteiger charge is -2.28. The lowest BCUT2D eigenvalue weighted by molar-refractivity contribution is 0.0898. The summed E-state index contributed by atoms with van der Waals surface area (Å²) in [5.41, 5.74) is 5.61. The molecule has 27 heavy (non-hydrogen) atoms. The van der Waals surface area contributed by atoms with Crippen LogP contribution in [0.4, 0.5) is 0 Å². The summed E-state index contributed by atoms with van der Waals surface area (Å²) in [6.07, 6.45) is 3.76. The van der Waals surface area contributed by atoms with E-state index >= 15 is 0 Å². The minimum absolute atomic E-state index is 0. The molecule has 10 heteroatoms. The number of aryl methyl sites for hydroxylation is 2. The number of aromatic nitrogens is 3. The van der Waals surface area contributed by atoms with Crippen molar-refractivity contribution < 1.29 is 4.79 Å². The lowest BCUT2D eigenvalue weighted by Crippen LogP contribution is -2.51. The Bertz CT molecular complexity index is 977. The number of hydrogen-bond acceptors (Lipinski definition) is 5. The maximum atomic E-state index is 12.7. The fourth-order valence-corrected chi connectivity index (χ4v) is 3.59. The molecule has 0 unspecified atom stereocenters. The zero-order valence-corrected chi connectivity index (χ0v) is 17.2. The zero-order valence-electron chi connectivity index (χ0n) is 15.6. The van der Waals surface area contributed by atoms with Crippen LogP contribution in [0.1, 0.15) is 41.7 Å². The van der Waals surface area contributed by atoms with E-state index in [1.54, 1.807) is 13.0 Å². The lowest BCUT2D eigenvalue weighted by atomic mass is 9.97. The normalized spacial score (nSPS) is 15.1. The molecule has 1 amide bonds. The van der Waals surface area contributed by atoms with E-state index in [2.05, 4.69) is 10.3 Å². The van der Waals surface area contributed by atoms with E-state index in [4.69, 9.17) is 5.73 Å². The third kappa shape index (κ3) is 3.88. The van der Waals surface area contributed by atoms with Gasteiger partial charge in [0.15, 0.2) is 0 Å². The highest BCUT2D eigenvalue weighted by molar-refractivity contribution is 5.95. The fraction of sp³-hybridized carbons (Fsp3) is 0.529. The largest absolute Gasteiger partial charge is 0.344 e. The summed E-state index contributed by atoms with van der Waals surface area (Å²) in [4.78, 5) is 41.5. The Kier molecular flexibility index (Phi) is 7.21.